The normalized spacial score (nSPS) is 11.8. The molecular weight excluding hydrogens is 414 g/mol. The number of aryl methyl sites for hydroxylation is 1. The average molecular weight is 442 g/mol. The van der Waals surface area contributed by atoms with Crippen LogP contribution >= 0.6 is 11.8 Å². The van der Waals surface area contributed by atoms with E-state index in [4.69, 9.17) is 4.74 Å². The number of ether oxygens (including phenoxy) is 1. The van der Waals surface area contributed by atoms with Crippen molar-refractivity contribution in [3.05, 3.63) is 102 Å². The molecule has 3 nitrogen and oxygen atoms in total. The van der Waals surface area contributed by atoms with E-state index in [1.807, 2.05) is 68.4 Å². The lowest BCUT2D eigenvalue weighted by atomic mass is 10.1. The van der Waals surface area contributed by atoms with Crippen LogP contribution in [-0.4, -0.2) is 12.0 Å². The Bertz CT molecular complexity index is 1200. The molecule has 0 unspecified atom stereocenters. The van der Waals surface area contributed by atoms with Gasteiger partial charge in [-0.2, -0.15) is 0 Å². The highest BCUT2D eigenvalue weighted by atomic mass is 32.2. The number of anilines is 1. The number of rotatable bonds is 8. The zero-order valence-corrected chi connectivity index (χ0v) is 19.2. The van der Waals surface area contributed by atoms with Gasteiger partial charge >= 0.3 is 0 Å². The Morgan fingerprint density at radius 3 is 2.47 bits per heavy atom. The number of amides is 1. The lowest BCUT2D eigenvalue weighted by molar-refractivity contribution is -0.122. The summed E-state index contributed by atoms with van der Waals surface area (Å²) < 4.78 is 6.15. The zero-order chi connectivity index (χ0) is 22.3. The Morgan fingerprint density at radius 2 is 1.69 bits per heavy atom. The van der Waals surface area contributed by atoms with Gasteiger partial charge in [-0.05, 0) is 54.1 Å². The molecule has 4 aromatic carbocycles. The molecule has 32 heavy (non-hydrogen) atoms. The molecule has 4 heteroatoms. The van der Waals surface area contributed by atoms with Gasteiger partial charge in [0.25, 0.3) is 5.91 Å². The third-order valence-electron chi connectivity index (χ3n) is 5.38. The minimum absolute atomic E-state index is 0.130. The molecular formula is C28H27NO2S. The molecule has 0 heterocycles. The summed E-state index contributed by atoms with van der Waals surface area (Å²) in [5, 5.41) is 5.17. The summed E-state index contributed by atoms with van der Waals surface area (Å²) in [6.45, 7) is 3.99. The van der Waals surface area contributed by atoms with Gasteiger partial charge in [0.2, 0.25) is 0 Å². The van der Waals surface area contributed by atoms with Gasteiger partial charge in [0.05, 0.1) is 0 Å². The van der Waals surface area contributed by atoms with Gasteiger partial charge in [0.1, 0.15) is 5.75 Å². The zero-order valence-electron chi connectivity index (χ0n) is 18.4. The number of hydrogen-bond donors (Lipinski definition) is 1. The van der Waals surface area contributed by atoms with E-state index in [9.17, 15) is 4.79 Å². The second-order valence-electron chi connectivity index (χ2n) is 7.73. The molecule has 0 aliphatic heterocycles. The number of carbonyl (C=O) groups is 1. The molecule has 4 aromatic rings. The number of thioether (sulfide) groups is 1. The highest BCUT2D eigenvalue weighted by Gasteiger charge is 2.20. The number of hydrogen-bond acceptors (Lipinski definition) is 3. The summed E-state index contributed by atoms with van der Waals surface area (Å²) in [4.78, 5) is 14.2. The fraction of sp³-hybridized carbons (Fsp3) is 0.179. The molecule has 1 amide bonds. The standard InChI is InChI=1S/C28H27NO2S/c1-3-26(31-27-15-9-11-22-10-7-8-14-24(22)27)28(30)29-25-17-16-21(18-20(25)2)19-32-23-12-5-4-6-13-23/h4-18,26H,3,19H2,1-2H3,(H,29,30)/t26-/m0/s1. The van der Waals surface area contributed by atoms with E-state index in [0.717, 1.165) is 33.5 Å². The lowest BCUT2D eigenvalue weighted by Gasteiger charge is -2.19. The minimum atomic E-state index is -0.562. The molecule has 0 aliphatic carbocycles. The summed E-state index contributed by atoms with van der Waals surface area (Å²) in [5.41, 5.74) is 3.10. The molecule has 0 aromatic heterocycles. The van der Waals surface area contributed by atoms with Gasteiger partial charge in [-0.1, -0.05) is 73.7 Å². The van der Waals surface area contributed by atoms with Crippen molar-refractivity contribution in [1.82, 2.24) is 0 Å². The van der Waals surface area contributed by atoms with Gasteiger partial charge < -0.3 is 10.1 Å². The van der Waals surface area contributed by atoms with Gasteiger partial charge in [0, 0.05) is 21.7 Å². The molecule has 0 bridgehead atoms. The highest BCUT2D eigenvalue weighted by Crippen LogP contribution is 2.28. The molecule has 162 valence electrons. The van der Waals surface area contributed by atoms with E-state index in [0.29, 0.717) is 6.42 Å². The van der Waals surface area contributed by atoms with Gasteiger partial charge in [0.15, 0.2) is 6.10 Å². The van der Waals surface area contributed by atoms with Crippen LogP contribution < -0.4 is 10.1 Å². The Hall–Kier alpha value is -3.24. The first kappa shape index (κ1) is 22.0. The predicted molar refractivity (Wildman–Crippen MR) is 134 cm³/mol. The highest BCUT2D eigenvalue weighted by molar-refractivity contribution is 7.98. The third-order valence-corrected chi connectivity index (χ3v) is 6.46. The Balaban J connectivity index is 1.42. The summed E-state index contributed by atoms with van der Waals surface area (Å²) >= 11 is 1.81. The van der Waals surface area contributed by atoms with E-state index in [-0.39, 0.29) is 5.91 Å². The van der Waals surface area contributed by atoms with Crippen molar-refractivity contribution in [3.63, 3.8) is 0 Å². The summed E-state index contributed by atoms with van der Waals surface area (Å²) in [5.74, 6) is 1.49. The van der Waals surface area contributed by atoms with Crippen molar-refractivity contribution in [3.8, 4) is 5.75 Å². The van der Waals surface area contributed by atoms with Crippen molar-refractivity contribution in [2.24, 2.45) is 0 Å². The number of carbonyl (C=O) groups excluding carboxylic acids is 1. The first-order chi connectivity index (χ1) is 15.6. The van der Waals surface area contributed by atoms with Gasteiger partial charge in [-0.25, -0.2) is 0 Å². The molecule has 0 saturated carbocycles. The van der Waals surface area contributed by atoms with E-state index in [2.05, 4.69) is 41.7 Å². The van der Waals surface area contributed by atoms with Crippen LogP contribution in [0.2, 0.25) is 0 Å². The second-order valence-corrected chi connectivity index (χ2v) is 8.78. The van der Waals surface area contributed by atoms with Crippen LogP contribution in [0.25, 0.3) is 10.8 Å². The molecule has 1 N–H and O–H groups in total. The van der Waals surface area contributed by atoms with Crippen LogP contribution in [0.3, 0.4) is 0 Å². The molecule has 0 radical (unpaired) electrons. The van der Waals surface area contributed by atoms with E-state index >= 15 is 0 Å². The predicted octanol–water partition coefficient (Wildman–Crippen LogP) is 7.24. The van der Waals surface area contributed by atoms with Gasteiger partial charge in [-0.15, -0.1) is 11.8 Å². The molecule has 0 saturated heterocycles. The maximum absolute atomic E-state index is 13.0. The van der Waals surface area contributed by atoms with Crippen LogP contribution in [0.4, 0.5) is 5.69 Å². The van der Waals surface area contributed by atoms with Crippen molar-refractivity contribution < 1.29 is 9.53 Å². The Morgan fingerprint density at radius 1 is 0.938 bits per heavy atom. The van der Waals surface area contributed by atoms with E-state index in [1.165, 1.54) is 10.5 Å². The smallest absolute Gasteiger partial charge is 0.265 e. The monoisotopic (exact) mass is 441 g/mol. The molecule has 0 fully saturated rings. The minimum Gasteiger partial charge on any atom is -0.480 e. The fourth-order valence-electron chi connectivity index (χ4n) is 3.63. The van der Waals surface area contributed by atoms with Crippen molar-refractivity contribution in [1.29, 1.82) is 0 Å². The number of fused-ring (bicyclic) bond motifs is 1. The topological polar surface area (TPSA) is 38.3 Å². The largest absolute Gasteiger partial charge is 0.480 e. The maximum atomic E-state index is 13.0. The number of benzene rings is 4. The third kappa shape index (κ3) is 5.32. The van der Waals surface area contributed by atoms with Crippen LogP contribution in [0.15, 0.2) is 95.9 Å². The van der Waals surface area contributed by atoms with E-state index in [1.54, 1.807) is 11.8 Å². The van der Waals surface area contributed by atoms with Crippen LogP contribution in [0.5, 0.6) is 5.75 Å². The first-order valence-electron chi connectivity index (χ1n) is 10.9. The molecule has 4 rings (SSSR count). The lowest BCUT2D eigenvalue weighted by Crippen LogP contribution is -2.32. The Kier molecular flexibility index (Phi) is 7.13. The fourth-order valence-corrected chi connectivity index (χ4v) is 4.49. The van der Waals surface area contributed by atoms with Crippen molar-refractivity contribution in [2.75, 3.05) is 5.32 Å². The Labute approximate surface area is 193 Å². The van der Waals surface area contributed by atoms with E-state index < -0.39 is 6.10 Å². The quantitative estimate of drug-likeness (QED) is 0.293. The van der Waals surface area contributed by atoms with Crippen LogP contribution in [0.1, 0.15) is 24.5 Å². The molecule has 0 spiro atoms. The van der Waals surface area contributed by atoms with Crippen LogP contribution in [-0.2, 0) is 10.5 Å². The first-order valence-corrected chi connectivity index (χ1v) is 11.9. The number of nitrogens with one attached hydrogen (secondary N) is 1. The summed E-state index contributed by atoms with van der Waals surface area (Å²) in [6.07, 6.45) is 0.0217. The molecule has 1 atom stereocenters. The van der Waals surface area contributed by atoms with Crippen molar-refractivity contribution >= 4 is 34.1 Å². The second kappa shape index (κ2) is 10.4. The van der Waals surface area contributed by atoms with Crippen molar-refractivity contribution in [2.45, 2.75) is 37.0 Å². The SMILES string of the molecule is CC[C@H](Oc1cccc2ccccc12)C(=O)Nc1ccc(CSc2ccccc2)cc1C. The van der Waals surface area contributed by atoms with Crippen LogP contribution in [0, 0.1) is 6.92 Å². The average Bonchev–Trinajstić information content (AvgIpc) is 2.83. The summed E-state index contributed by atoms with van der Waals surface area (Å²) in [7, 11) is 0. The maximum Gasteiger partial charge on any atom is 0.265 e. The summed E-state index contributed by atoms with van der Waals surface area (Å²) in [6, 6.07) is 30.5. The molecule has 0 aliphatic rings. The van der Waals surface area contributed by atoms with Gasteiger partial charge in [-0.3, -0.25) is 4.79 Å².